The molecule has 0 saturated heterocycles. The fourth-order valence-corrected chi connectivity index (χ4v) is 2.05. The molecule has 0 fully saturated rings. The normalized spacial score (nSPS) is 10.7. The molecular formula is C16H13N3O4. The average molecular weight is 311 g/mol. The number of carboxylic acids is 1. The quantitative estimate of drug-likeness (QED) is 0.837. The second kappa shape index (κ2) is 6.15. The van der Waals surface area contributed by atoms with E-state index in [0.717, 1.165) is 4.57 Å². The van der Waals surface area contributed by atoms with E-state index in [1.165, 1.54) is 32.3 Å². The summed E-state index contributed by atoms with van der Waals surface area (Å²) < 4.78 is 0.959. The number of benzene rings is 1. The predicted octanol–water partition coefficient (Wildman–Crippen LogP) is 1.72. The van der Waals surface area contributed by atoms with Crippen LogP contribution in [0.4, 0.5) is 5.69 Å². The van der Waals surface area contributed by atoms with E-state index in [1.54, 1.807) is 12.1 Å². The summed E-state index contributed by atoms with van der Waals surface area (Å²) in [7, 11) is 1.35. The summed E-state index contributed by atoms with van der Waals surface area (Å²) in [5, 5.41) is 28.1. The van der Waals surface area contributed by atoms with Gasteiger partial charge in [0.1, 0.15) is 11.6 Å². The average Bonchev–Trinajstić information content (AvgIpc) is 2.53. The van der Waals surface area contributed by atoms with Crippen molar-refractivity contribution in [2.75, 3.05) is 0 Å². The second-order valence-corrected chi connectivity index (χ2v) is 4.83. The molecule has 1 heterocycles. The molecule has 1 aromatic carbocycles. The van der Waals surface area contributed by atoms with Crippen LogP contribution in [-0.2, 0) is 7.05 Å². The minimum absolute atomic E-state index is 0.0777. The highest BCUT2D eigenvalue weighted by Gasteiger charge is 2.15. The molecule has 0 aliphatic heterocycles. The summed E-state index contributed by atoms with van der Waals surface area (Å²) in [6.45, 7) is 1.54. The van der Waals surface area contributed by atoms with Crippen LogP contribution in [0.1, 0.15) is 27.0 Å². The number of aromatic nitrogens is 1. The number of aromatic hydroxyl groups is 1. The van der Waals surface area contributed by atoms with Crippen molar-refractivity contribution < 1.29 is 15.0 Å². The highest BCUT2D eigenvalue weighted by atomic mass is 16.4. The van der Waals surface area contributed by atoms with Gasteiger partial charge in [0, 0.05) is 13.3 Å². The molecule has 116 valence electrons. The Balaban J connectivity index is 2.55. The standard InChI is InChI=1S/C16H13N3O4/c1-9-12(7-17)14(20)19(2)15(21)13(9)8-18-11-5-3-4-10(6-11)16(22)23/h3-6,8,21H,1-2H3,(H,22,23). The number of hydrogen-bond donors (Lipinski definition) is 2. The number of nitriles is 1. The minimum atomic E-state index is -1.07. The molecule has 0 unspecified atom stereocenters. The lowest BCUT2D eigenvalue weighted by Crippen LogP contribution is -2.22. The molecular weight excluding hydrogens is 298 g/mol. The van der Waals surface area contributed by atoms with Gasteiger partial charge in [-0.05, 0) is 30.7 Å². The molecule has 0 saturated carbocycles. The number of rotatable bonds is 3. The van der Waals surface area contributed by atoms with E-state index in [1.807, 2.05) is 6.07 Å². The van der Waals surface area contributed by atoms with E-state index in [2.05, 4.69) is 4.99 Å². The zero-order valence-electron chi connectivity index (χ0n) is 12.4. The first-order valence-corrected chi connectivity index (χ1v) is 6.57. The number of hydrogen-bond acceptors (Lipinski definition) is 5. The Bertz CT molecular complexity index is 920. The van der Waals surface area contributed by atoms with Gasteiger partial charge in [-0.3, -0.25) is 14.4 Å². The van der Waals surface area contributed by atoms with Gasteiger partial charge >= 0.3 is 5.97 Å². The van der Waals surface area contributed by atoms with Crippen LogP contribution in [0.2, 0.25) is 0 Å². The molecule has 2 rings (SSSR count). The zero-order valence-corrected chi connectivity index (χ0v) is 12.4. The summed E-state index contributed by atoms with van der Waals surface area (Å²) in [6, 6.07) is 7.76. The van der Waals surface area contributed by atoms with Crippen molar-refractivity contribution in [3.05, 3.63) is 56.9 Å². The summed E-state index contributed by atoms with van der Waals surface area (Å²) >= 11 is 0. The van der Waals surface area contributed by atoms with Crippen molar-refractivity contribution in [2.24, 2.45) is 12.0 Å². The van der Waals surface area contributed by atoms with E-state index in [0.29, 0.717) is 11.3 Å². The van der Waals surface area contributed by atoms with Crippen LogP contribution in [-0.4, -0.2) is 27.0 Å². The van der Waals surface area contributed by atoms with Gasteiger partial charge in [0.25, 0.3) is 5.56 Å². The van der Waals surface area contributed by atoms with Gasteiger partial charge in [-0.15, -0.1) is 0 Å². The van der Waals surface area contributed by atoms with E-state index >= 15 is 0 Å². The molecule has 0 spiro atoms. The van der Waals surface area contributed by atoms with Gasteiger partial charge in [-0.1, -0.05) is 6.07 Å². The van der Waals surface area contributed by atoms with Crippen molar-refractivity contribution in [2.45, 2.75) is 6.92 Å². The van der Waals surface area contributed by atoms with Crippen LogP contribution in [0, 0.1) is 18.3 Å². The molecule has 2 aromatic rings. The first kappa shape index (κ1) is 16.0. The van der Waals surface area contributed by atoms with Crippen LogP contribution in [0.25, 0.3) is 0 Å². The molecule has 1 aromatic heterocycles. The first-order chi connectivity index (χ1) is 10.9. The SMILES string of the molecule is Cc1c(C=Nc2cccc(C(=O)O)c2)c(O)n(C)c(=O)c1C#N. The predicted molar refractivity (Wildman–Crippen MR) is 83.5 cm³/mol. The van der Waals surface area contributed by atoms with Crippen LogP contribution in [0.5, 0.6) is 5.88 Å². The Morgan fingerprint density at radius 1 is 1.43 bits per heavy atom. The van der Waals surface area contributed by atoms with Gasteiger partial charge in [-0.2, -0.15) is 5.26 Å². The number of carbonyl (C=O) groups is 1. The number of aromatic carboxylic acids is 1. The minimum Gasteiger partial charge on any atom is -0.494 e. The van der Waals surface area contributed by atoms with Crippen molar-refractivity contribution in [3.8, 4) is 11.9 Å². The van der Waals surface area contributed by atoms with E-state index in [9.17, 15) is 14.7 Å². The first-order valence-electron chi connectivity index (χ1n) is 6.57. The van der Waals surface area contributed by atoms with Crippen molar-refractivity contribution in [1.29, 1.82) is 5.26 Å². The number of carboxylic acid groups (broad SMARTS) is 1. The molecule has 0 bridgehead atoms. The Labute approximate surface area is 131 Å². The monoisotopic (exact) mass is 311 g/mol. The van der Waals surface area contributed by atoms with E-state index in [4.69, 9.17) is 10.4 Å². The largest absolute Gasteiger partial charge is 0.494 e. The third-order valence-corrected chi connectivity index (χ3v) is 3.40. The zero-order chi connectivity index (χ0) is 17.1. The van der Waals surface area contributed by atoms with E-state index < -0.39 is 11.5 Å². The molecule has 0 amide bonds. The van der Waals surface area contributed by atoms with Crippen LogP contribution >= 0.6 is 0 Å². The number of aliphatic imine (C=N–C) groups is 1. The summed E-state index contributed by atoms with van der Waals surface area (Å²) in [5.41, 5.74) is 0.323. The van der Waals surface area contributed by atoms with Crippen molar-refractivity contribution >= 4 is 17.9 Å². The third kappa shape index (κ3) is 2.96. The molecule has 0 radical (unpaired) electrons. The molecule has 7 nitrogen and oxygen atoms in total. The molecule has 0 aliphatic carbocycles. The van der Waals surface area contributed by atoms with Crippen LogP contribution in [0.3, 0.4) is 0 Å². The highest BCUT2D eigenvalue weighted by Crippen LogP contribution is 2.20. The van der Waals surface area contributed by atoms with Gasteiger partial charge in [0.15, 0.2) is 0 Å². The van der Waals surface area contributed by atoms with Crippen molar-refractivity contribution in [3.63, 3.8) is 0 Å². The van der Waals surface area contributed by atoms with Gasteiger partial charge < -0.3 is 10.2 Å². The maximum atomic E-state index is 11.9. The van der Waals surface area contributed by atoms with Crippen LogP contribution < -0.4 is 5.56 Å². The summed E-state index contributed by atoms with van der Waals surface area (Å²) in [6.07, 6.45) is 1.30. The van der Waals surface area contributed by atoms with E-state index in [-0.39, 0.29) is 22.6 Å². The third-order valence-electron chi connectivity index (χ3n) is 3.40. The number of pyridine rings is 1. The Morgan fingerprint density at radius 3 is 2.74 bits per heavy atom. The van der Waals surface area contributed by atoms with Gasteiger partial charge in [-0.25, -0.2) is 4.79 Å². The lowest BCUT2D eigenvalue weighted by Gasteiger charge is -2.09. The topological polar surface area (TPSA) is 116 Å². The number of nitrogens with zero attached hydrogens (tertiary/aromatic N) is 3. The second-order valence-electron chi connectivity index (χ2n) is 4.83. The molecule has 0 aliphatic rings. The van der Waals surface area contributed by atoms with Gasteiger partial charge in [0.05, 0.1) is 16.8 Å². The fraction of sp³-hybridized carbons (Fsp3) is 0.125. The van der Waals surface area contributed by atoms with Gasteiger partial charge in [0.2, 0.25) is 5.88 Å². The molecule has 23 heavy (non-hydrogen) atoms. The summed E-state index contributed by atoms with van der Waals surface area (Å²) in [5.74, 6) is -1.39. The Morgan fingerprint density at radius 2 is 2.13 bits per heavy atom. The molecule has 2 N–H and O–H groups in total. The maximum absolute atomic E-state index is 11.9. The lowest BCUT2D eigenvalue weighted by atomic mass is 10.1. The Hall–Kier alpha value is -3.40. The van der Waals surface area contributed by atoms with Crippen LogP contribution in [0.15, 0.2) is 34.1 Å². The van der Waals surface area contributed by atoms with Crippen molar-refractivity contribution in [1.82, 2.24) is 4.57 Å². The Kier molecular flexibility index (Phi) is 4.27. The lowest BCUT2D eigenvalue weighted by molar-refractivity contribution is 0.0697. The molecule has 0 atom stereocenters. The maximum Gasteiger partial charge on any atom is 0.335 e. The molecule has 7 heteroatoms. The summed E-state index contributed by atoms with van der Waals surface area (Å²) in [4.78, 5) is 26.9. The smallest absolute Gasteiger partial charge is 0.335 e. The highest BCUT2D eigenvalue weighted by molar-refractivity contribution is 5.90. The fourth-order valence-electron chi connectivity index (χ4n) is 2.05.